The van der Waals surface area contributed by atoms with Gasteiger partial charge in [-0.3, -0.25) is 24.1 Å². The van der Waals surface area contributed by atoms with Gasteiger partial charge in [0.1, 0.15) is 23.6 Å². The van der Waals surface area contributed by atoms with Crippen LogP contribution in [-0.4, -0.2) is 65.6 Å². The van der Waals surface area contributed by atoms with Gasteiger partial charge in [0, 0.05) is 25.9 Å². The second-order valence-electron chi connectivity index (χ2n) is 8.37. The normalized spacial score (nSPS) is 19.0. The molecule has 164 valence electrons. The van der Waals surface area contributed by atoms with E-state index in [1.807, 2.05) is 0 Å². The highest BCUT2D eigenvalue weighted by atomic mass is 16.5. The highest BCUT2D eigenvalue weighted by Crippen LogP contribution is 2.40. The van der Waals surface area contributed by atoms with Crippen LogP contribution in [0.5, 0.6) is 11.5 Å². The summed E-state index contributed by atoms with van der Waals surface area (Å²) in [5.74, 6) is -0.0444. The zero-order chi connectivity index (χ0) is 22.5. The Balaban J connectivity index is 1.24. The second-order valence-corrected chi connectivity index (χ2v) is 8.37. The maximum atomic E-state index is 12.9. The number of carbonyl (C=O) groups is 4. The van der Waals surface area contributed by atoms with Crippen LogP contribution in [0.25, 0.3) is 0 Å². The lowest BCUT2D eigenvalue weighted by molar-refractivity contribution is -0.135. The van der Waals surface area contributed by atoms with Gasteiger partial charge in [0.05, 0.1) is 30.2 Å². The Hall–Kier alpha value is -3.68. The molecule has 0 N–H and O–H groups in total. The SMILES string of the molecule is COc1ccc2c(c1)C(=O)CC1(CCN(C(=O)CN3C(=O)c4ccccc4C3=O)CC1)O2. The van der Waals surface area contributed by atoms with Gasteiger partial charge in [-0.15, -0.1) is 0 Å². The first kappa shape index (κ1) is 20.2. The molecule has 0 bridgehead atoms. The average molecular weight is 434 g/mol. The predicted octanol–water partition coefficient (Wildman–Crippen LogP) is 2.32. The summed E-state index contributed by atoms with van der Waals surface area (Å²) >= 11 is 0. The van der Waals surface area contributed by atoms with E-state index in [1.54, 1.807) is 54.5 Å². The Labute approximate surface area is 184 Å². The smallest absolute Gasteiger partial charge is 0.262 e. The van der Waals surface area contributed by atoms with Gasteiger partial charge in [-0.2, -0.15) is 0 Å². The minimum atomic E-state index is -0.648. The molecule has 5 rings (SSSR count). The molecule has 1 fully saturated rings. The molecule has 8 heteroatoms. The molecule has 2 aromatic rings. The fraction of sp³-hybridized carbons (Fsp3) is 0.333. The number of hydrogen-bond donors (Lipinski definition) is 0. The van der Waals surface area contributed by atoms with Gasteiger partial charge in [-0.1, -0.05) is 12.1 Å². The molecular weight excluding hydrogens is 412 g/mol. The minimum absolute atomic E-state index is 0.00375. The molecule has 0 atom stereocenters. The van der Waals surface area contributed by atoms with Gasteiger partial charge >= 0.3 is 0 Å². The number of piperidine rings is 1. The number of ketones is 1. The van der Waals surface area contributed by atoms with E-state index in [0.29, 0.717) is 54.1 Å². The van der Waals surface area contributed by atoms with Gasteiger partial charge in [-0.05, 0) is 30.3 Å². The molecule has 3 amide bonds. The Kier molecular flexibility index (Phi) is 4.73. The van der Waals surface area contributed by atoms with Gasteiger partial charge in [0.2, 0.25) is 5.91 Å². The van der Waals surface area contributed by atoms with Gasteiger partial charge < -0.3 is 14.4 Å². The molecule has 0 saturated carbocycles. The van der Waals surface area contributed by atoms with Crippen LogP contribution < -0.4 is 9.47 Å². The quantitative estimate of drug-likeness (QED) is 0.689. The number of rotatable bonds is 3. The first-order valence-corrected chi connectivity index (χ1v) is 10.5. The monoisotopic (exact) mass is 434 g/mol. The summed E-state index contributed by atoms with van der Waals surface area (Å²) in [7, 11) is 1.55. The molecule has 2 aromatic carbocycles. The maximum absolute atomic E-state index is 12.9. The van der Waals surface area contributed by atoms with E-state index in [0.717, 1.165) is 4.90 Å². The number of benzene rings is 2. The lowest BCUT2D eigenvalue weighted by Gasteiger charge is -2.44. The Bertz CT molecular complexity index is 1110. The number of likely N-dealkylation sites (tertiary alicyclic amines) is 1. The van der Waals surface area contributed by atoms with Crippen LogP contribution in [0.4, 0.5) is 0 Å². The summed E-state index contributed by atoms with van der Waals surface area (Å²) in [6.07, 6.45) is 1.24. The van der Waals surface area contributed by atoms with Crippen LogP contribution in [0.1, 0.15) is 50.3 Å². The Morgan fingerprint density at radius 1 is 1.00 bits per heavy atom. The van der Waals surface area contributed by atoms with Crippen molar-refractivity contribution in [2.45, 2.75) is 24.9 Å². The number of hydrogen-bond acceptors (Lipinski definition) is 6. The van der Waals surface area contributed by atoms with Crippen LogP contribution in [-0.2, 0) is 4.79 Å². The van der Waals surface area contributed by atoms with Gasteiger partial charge in [0.25, 0.3) is 11.8 Å². The summed E-state index contributed by atoms with van der Waals surface area (Å²) in [6, 6.07) is 11.8. The lowest BCUT2D eigenvalue weighted by Crippen LogP contribution is -2.54. The first-order valence-electron chi connectivity index (χ1n) is 10.5. The first-order chi connectivity index (χ1) is 15.4. The number of Topliss-reactive ketones (excluding diaryl/α,β-unsaturated/α-hetero) is 1. The predicted molar refractivity (Wildman–Crippen MR) is 113 cm³/mol. The molecule has 1 spiro atoms. The maximum Gasteiger partial charge on any atom is 0.262 e. The largest absolute Gasteiger partial charge is 0.497 e. The van der Waals surface area contributed by atoms with Gasteiger partial charge in [-0.25, -0.2) is 0 Å². The van der Waals surface area contributed by atoms with Crippen LogP contribution in [0.3, 0.4) is 0 Å². The molecule has 32 heavy (non-hydrogen) atoms. The fourth-order valence-corrected chi connectivity index (χ4v) is 4.66. The number of imide groups is 1. The van der Waals surface area contributed by atoms with Gasteiger partial charge in [0.15, 0.2) is 5.78 Å². The van der Waals surface area contributed by atoms with Crippen molar-refractivity contribution in [2.24, 2.45) is 0 Å². The topological polar surface area (TPSA) is 93.2 Å². The third kappa shape index (κ3) is 3.23. The van der Waals surface area contributed by atoms with Crippen molar-refractivity contribution in [1.82, 2.24) is 9.80 Å². The van der Waals surface area contributed by atoms with Crippen molar-refractivity contribution < 1.29 is 28.7 Å². The number of methoxy groups -OCH3 is 1. The zero-order valence-corrected chi connectivity index (χ0v) is 17.6. The van der Waals surface area contributed by atoms with Crippen molar-refractivity contribution >= 4 is 23.5 Å². The zero-order valence-electron chi connectivity index (χ0n) is 17.6. The molecule has 0 aliphatic carbocycles. The summed E-state index contributed by atoms with van der Waals surface area (Å²) < 4.78 is 11.4. The summed E-state index contributed by atoms with van der Waals surface area (Å²) in [5.41, 5.74) is 0.518. The van der Waals surface area contributed by atoms with E-state index in [-0.39, 0.29) is 24.7 Å². The minimum Gasteiger partial charge on any atom is -0.497 e. The third-order valence-corrected chi connectivity index (χ3v) is 6.50. The molecule has 3 aliphatic heterocycles. The molecule has 1 saturated heterocycles. The molecule has 0 radical (unpaired) electrons. The van der Waals surface area contributed by atoms with Crippen molar-refractivity contribution in [2.75, 3.05) is 26.7 Å². The fourth-order valence-electron chi connectivity index (χ4n) is 4.66. The van der Waals surface area contributed by atoms with E-state index in [4.69, 9.17) is 9.47 Å². The number of amides is 3. The van der Waals surface area contributed by atoms with E-state index in [2.05, 4.69) is 0 Å². The van der Waals surface area contributed by atoms with E-state index >= 15 is 0 Å². The van der Waals surface area contributed by atoms with E-state index in [9.17, 15) is 19.2 Å². The third-order valence-electron chi connectivity index (χ3n) is 6.50. The highest BCUT2D eigenvalue weighted by Gasteiger charge is 2.44. The standard InChI is InChI=1S/C24H22N2O6/c1-31-15-6-7-20-18(12-15)19(27)13-24(32-20)8-10-25(11-9-24)21(28)14-26-22(29)16-4-2-3-5-17(16)23(26)30/h2-7,12H,8-11,13-14H2,1H3. The van der Waals surface area contributed by atoms with Crippen molar-refractivity contribution in [3.05, 3.63) is 59.2 Å². The van der Waals surface area contributed by atoms with Crippen molar-refractivity contribution in [1.29, 1.82) is 0 Å². The van der Waals surface area contributed by atoms with E-state index in [1.165, 1.54) is 0 Å². The summed E-state index contributed by atoms with van der Waals surface area (Å²) in [6.45, 7) is 0.489. The van der Waals surface area contributed by atoms with Crippen molar-refractivity contribution in [3.63, 3.8) is 0 Å². The Morgan fingerprint density at radius 2 is 1.66 bits per heavy atom. The summed E-state index contributed by atoms with van der Waals surface area (Å²) in [4.78, 5) is 53.3. The molecule has 3 heterocycles. The average Bonchev–Trinajstić information content (AvgIpc) is 3.04. The summed E-state index contributed by atoms with van der Waals surface area (Å²) in [5, 5.41) is 0. The number of nitrogens with zero attached hydrogens (tertiary/aromatic N) is 2. The number of fused-ring (bicyclic) bond motifs is 2. The number of ether oxygens (including phenoxy) is 2. The Morgan fingerprint density at radius 3 is 2.28 bits per heavy atom. The van der Waals surface area contributed by atoms with Crippen LogP contribution in [0.15, 0.2) is 42.5 Å². The van der Waals surface area contributed by atoms with Crippen LogP contribution in [0.2, 0.25) is 0 Å². The second kappa shape index (κ2) is 7.47. The highest BCUT2D eigenvalue weighted by molar-refractivity contribution is 6.22. The van der Waals surface area contributed by atoms with Crippen molar-refractivity contribution in [3.8, 4) is 11.5 Å². The molecular formula is C24H22N2O6. The molecule has 3 aliphatic rings. The molecule has 8 nitrogen and oxygen atoms in total. The molecule has 0 aromatic heterocycles. The van der Waals surface area contributed by atoms with E-state index < -0.39 is 17.4 Å². The number of carbonyl (C=O) groups excluding carboxylic acids is 4. The lowest BCUT2D eigenvalue weighted by atomic mass is 9.82. The van der Waals surface area contributed by atoms with Crippen LogP contribution in [0, 0.1) is 0 Å². The van der Waals surface area contributed by atoms with Crippen LogP contribution >= 0.6 is 0 Å². The molecule has 0 unspecified atom stereocenters.